The Balaban J connectivity index is 2.81. The molecule has 0 bridgehead atoms. The second kappa shape index (κ2) is 3.79. The molecule has 16 heavy (non-hydrogen) atoms. The summed E-state index contributed by atoms with van der Waals surface area (Å²) < 4.78 is 0. The van der Waals surface area contributed by atoms with Gasteiger partial charge in [-0.25, -0.2) is 0 Å². The van der Waals surface area contributed by atoms with Crippen molar-refractivity contribution in [2.75, 3.05) is 5.73 Å². The molecule has 2 aromatic rings. The number of nitrogen functional groups attached to an aromatic ring is 1. The molecular weight excluding hydrogens is 206 g/mol. The average Bonchev–Trinajstić information content (AvgIpc) is 2.28. The zero-order valence-corrected chi connectivity index (χ0v) is 8.51. The SMILES string of the molecule is NCc1cccc2c(N)c([N+](=O)[O-])ccc12. The summed E-state index contributed by atoms with van der Waals surface area (Å²) in [6, 6.07) is 8.54. The highest BCUT2D eigenvalue weighted by Crippen LogP contribution is 2.31. The van der Waals surface area contributed by atoms with E-state index in [1.54, 1.807) is 18.2 Å². The lowest BCUT2D eigenvalue weighted by atomic mass is 10.0. The Morgan fingerprint density at radius 2 is 1.94 bits per heavy atom. The number of nitrogens with zero attached hydrogens (tertiary/aromatic N) is 1. The van der Waals surface area contributed by atoms with Crippen LogP contribution < -0.4 is 11.5 Å². The maximum absolute atomic E-state index is 10.7. The van der Waals surface area contributed by atoms with Crippen molar-refractivity contribution in [1.29, 1.82) is 0 Å². The molecule has 0 unspecified atom stereocenters. The highest BCUT2D eigenvalue weighted by Gasteiger charge is 2.14. The van der Waals surface area contributed by atoms with Crippen LogP contribution in [0.15, 0.2) is 30.3 Å². The molecule has 82 valence electrons. The smallest absolute Gasteiger partial charge is 0.292 e. The molecule has 0 fully saturated rings. The second-order valence-corrected chi connectivity index (χ2v) is 3.47. The van der Waals surface area contributed by atoms with E-state index in [2.05, 4.69) is 0 Å². The molecule has 0 aliphatic heterocycles. The molecule has 0 atom stereocenters. The largest absolute Gasteiger partial charge is 0.393 e. The molecule has 0 saturated carbocycles. The minimum absolute atomic E-state index is 0.0679. The van der Waals surface area contributed by atoms with Crippen LogP contribution in [0.25, 0.3) is 10.8 Å². The first kappa shape index (κ1) is 10.4. The number of rotatable bonds is 2. The predicted octanol–water partition coefficient (Wildman–Crippen LogP) is 1.79. The van der Waals surface area contributed by atoms with E-state index >= 15 is 0 Å². The number of benzene rings is 2. The maximum atomic E-state index is 10.7. The van der Waals surface area contributed by atoms with Gasteiger partial charge < -0.3 is 11.5 Å². The predicted molar refractivity (Wildman–Crippen MR) is 62.9 cm³/mol. The van der Waals surface area contributed by atoms with Gasteiger partial charge in [0.2, 0.25) is 0 Å². The number of fused-ring (bicyclic) bond motifs is 1. The van der Waals surface area contributed by atoms with Gasteiger partial charge in [-0.1, -0.05) is 18.2 Å². The van der Waals surface area contributed by atoms with Crippen LogP contribution in [0.1, 0.15) is 5.56 Å². The normalized spacial score (nSPS) is 10.6. The summed E-state index contributed by atoms with van der Waals surface area (Å²) in [5, 5.41) is 12.3. The fraction of sp³-hybridized carbons (Fsp3) is 0.0909. The Labute approximate surface area is 91.8 Å². The Morgan fingerprint density at radius 3 is 2.56 bits per heavy atom. The van der Waals surface area contributed by atoms with E-state index in [1.807, 2.05) is 6.07 Å². The summed E-state index contributed by atoms with van der Waals surface area (Å²) in [5.41, 5.74) is 12.4. The zero-order valence-electron chi connectivity index (χ0n) is 8.51. The molecule has 0 saturated heterocycles. The van der Waals surface area contributed by atoms with Crippen molar-refractivity contribution in [2.24, 2.45) is 5.73 Å². The zero-order chi connectivity index (χ0) is 11.7. The van der Waals surface area contributed by atoms with E-state index in [1.165, 1.54) is 6.07 Å². The molecule has 0 aromatic heterocycles. The number of nitro groups is 1. The molecule has 5 nitrogen and oxygen atoms in total. The van der Waals surface area contributed by atoms with Crippen molar-refractivity contribution in [3.05, 3.63) is 46.0 Å². The number of hydrogen-bond donors (Lipinski definition) is 2. The van der Waals surface area contributed by atoms with Gasteiger partial charge >= 0.3 is 0 Å². The van der Waals surface area contributed by atoms with Crippen LogP contribution in [0.2, 0.25) is 0 Å². The van der Waals surface area contributed by atoms with Crippen LogP contribution in [0.4, 0.5) is 11.4 Å². The van der Waals surface area contributed by atoms with E-state index < -0.39 is 4.92 Å². The summed E-state index contributed by atoms with van der Waals surface area (Å²) in [7, 11) is 0. The van der Waals surface area contributed by atoms with Crippen LogP contribution in [-0.4, -0.2) is 4.92 Å². The van der Waals surface area contributed by atoms with Crippen molar-refractivity contribution >= 4 is 22.1 Å². The van der Waals surface area contributed by atoms with Crippen molar-refractivity contribution in [3.63, 3.8) is 0 Å². The van der Waals surface area contributed by atoms with Gasteiger partial charge in [0.25, 0.3) is 5.69 Å². The Hall–Kier alpha value is -2.14. The molecule has 0 aliphatic carbocycles. The first-order valence-electron chi connectivity index (χ1n) is 4.79. The fourth-order valence-electron chi connectivity index (χ4n) is 1.77. The van der Waals surface area contributed by atoms with E-state index in [9.17, 15) is 10.1 Å². The highest BCUT2D eigenvalue weighted by molar-refractivity contribution is 5.98. The Kier molecular flexibility index (Phi) is 2.46. The van der Waals surface area contributed by atoms with E-state index in [0.29, 0.717) is 11.9 Å². The first-order chi connectivity index (χ1) is 7.65. The fourth-order valence-corrected chi connectivity index (χ4v) is 1.77. The molecule has 0 amide bonds. The minimum Gasteiger partial charge on any atom is -0.393 e. The van der Waals surface area contributed by atoms with Crippen LogP contribution in [0, 0.1) is 10.1 Å². The van der Waals surface area contributed by atoms with Gasteiger partial charge in [-0.3, -0.25) is 10.1 Å². The number of hydrogen-bond acceptors (Lipinski definition) is 4. The molecular formula is C11H11N3O2. The quantitative estimate of drug-likeness (QED) is 0.455. The first-order valence-corrected chi connectivity index (χ1v) is 4.79. The van der Waals surface area contributed by atoms with Crippen molar-refractivity contribution < 1.29 is 4.92 Å². The van der Waals surface area contributed by atoms with Crippen LogP contribution >= 0.6 is 0 Å². The van der Waals surface area contributed by atoms with Gasteiger partial charge in [-0.2, -0.15) is 0 Å². The standard InChI is InChI=1S/C11H11N3O2/c12-6-7-2-1-3-9-8(7)4-5-10(11(9)13)14(15)16/h1-5H,6,12-13H2. The van der Waals surface area contributed by atoms with Gasteiger partial charge in [-0.05, 0) is 17.0 Å². The highest BCUT2D eigenvalue weighted by atomic mass is 16.6. The third-order valence-electron chi connectivity index (χ3n) is 2.59. The molecule has 0 aliphatic rings. The number of anilines is 1. The lowest BCUT2D eigenvalue weighted by Crippen LogP contribution is -2.00. The van der Waals surface area contributed by atoms with Crippen molar-refractivity contribution in [2.45, 2.75) is 6.54 Å². The van der Waals surface area contributed by atoms with Crippen LogP contribution in [-0.2, 0) is 6.54 Å². The average molecular weight is 217 g/mol. The third kappa shape index (κ3) is 1.47. The summed E-state index contributed by atoms with van der Waals surface area (Å²) in [6.45, 7) is 0.384. The summed E-state index contributed by atoms with van der Waals surface area (Å²) >= 11 is 0. The molecule has 2 aromatic carbocycles. The Bertz CT molecular complexity index is 566. The van der Waals surface area contributed by atoms with Gasteiger partial charge in [0.05, 0.1) is 4.92 Å². The number of nitrogens with two attached hydrogens (primary N) is 2. The van der Waals surface area contributed by atoms with Crippen LogP contribution in [0.3, 0.4) is 0 Å². The lowest BCUT2D eigenvalue weighted by Gasteiger charge is -2.06. The van der Waals surface area contributed by atoms with Crippen molar-refractivity contribution in [3.8, 4) is 0 Å². The lowest BCUT2D eigenvalue weighted by molar-refractivity contribution is -0.383. The molecule has 0 radical (unpaired) electrons. The van der Waals surface area contributed by atoms with E-state index in [-0.39, 0.29) is 11.4 Å². The van der Waals surface area contributed by atoms with E-state index in [0.717, 1.165) is 10.9 Å². The van der Waals surface area contributed by atoms with E-state index in [4.69, 9.17) is 11.5 Å². The third-order valence-corrected chi connectivity index (χ3v) is 2.59. The van der Waals surface area contributed by atoms with Gasteiger partial charge in [0, 0.05) is 18.0 Å². The second-order valence-electron chi connectivity index (χ2n) is 3.47. The van der Waals surface area contributed by atoms with Gasteiger partial charge in [-0.15, -0.1) is 0 Å². The van der Waals surface area contributed by atoms with Crippen LogP contribution in [0.5, 0.6) is 0 Å². The summed E-state index contributed by atoms with van der Waals surface area (Å²) in [6.07, 6.45) is 0. The minimum atomic E-state index is -0.482. The van der Waals surface area contributed by atoms with Gasteiger partial charge in [0.1, 0.15) is 5.69 Å². The topological polar surface area (TPSA) is 95.2 Å². The van der Waals surface area contributed by atoms with Crippen molar-refractivity contribution in [1.82, 2.24) is 0 Å². The summed E-state index contributed by atoms with van der Waals surface area (Å²) in [4.78, 5) is 10.2. The molecule has 0 heterocycles. The van der Waals surface area contributed by atoms with Gasteiger partial charge in [0.15, 0.2) is 0 Å². The maximum Gasteiger partial charge on any atom is 0.292 e. The Morgan fingerprint density at radius 1 is 1.19 bits per heavy atom. The molecule has 5 heteroatoms. The monoisotopic (exact) mass is 217 g/mol. The molecule has 4 N–H and O–H groups in total. The molecule has 0 spiro atoms. The number of nitro benzene ring substituents is 1. The molecule has 2 rings (SSSR count). The summed E-state index contributed by atoms with van der Waals surface area (Å²) in [5.74, 6) is 0.